The van der Waals surface area contributed by atoms with Gasteiger partial charge in [0.25, 0.3) is 0 Å². The molecule has 0 aliphatic carbocycles. The van der Waals surface area contributed by atoms with Gasteiger partial charge < -0.3 is 20.1 Å². The zero-order valence-electron chi connectivity index (χ0n) is 11.7. The summed E-state index contributed by atoms with van der Waals surface area (Å²) in [6.45, 7) is 2.45. The Bertz CT molecular complexity index is 436. The summed E-state index contributed by atoms with van der Waals surface area (Å²) in [5.41, 5.74) is 0.877. The number of amides is 2. The molecule has 0 aromatic heterocycles. The van der Waals surface area contributed by atoms with E-state index < -0.39 is 18.0 Å². The number of hydrogen-bond donors (Lipinski definition) is 2. The predicted octanol–water partition coefficient (Wildman–Crippen LogP) is 1.32. The van der Waals surface area contributed by atoms with Crippen LogP contribution in [0.4, 0.5) is 4.79 Å². The molecule has 1 aromatic rings. The Labute approximate surface area is 118 Å². The van der Waals surface area contributed by atoms with E-state index in [0.717, 1.165) is 5.56 Å². The number of nitrogens with zero attached hydrogens (tertiary/aromatic N) is 1. The molecule has 0 spiro atoms. The normalized spacial score (nSPS) is 11.7. The van der Waals surface area contributed by atoms with Crippen molar-refractivity contribution >= 4 is 12.0 Å². The number of nitrogens with one attached hydrogen (secondary N) is 1. The van der Waals surface area contributed by atoms with E-state index in [1.54, 1.807) is 0 Å². The Morgan fingerprint density at radius 1 is 1.35 bits per heavy atom. The molecule has 0 bridgehead atoms. The van der Waals surface area contributed by atoms with Crippen LogP contribution in [0.2, 0.25) is 0 Å². The van der Waals surface area contributed by atoms with Crippen LogP contribution in [0.15, 0.2) is 30.3 Å². The lowest BCUT2D eigenvalue weighted by Gasteiger charge is -2.26. The van der Waals surface area contributed by atoms with Gasteiger partial charge in [0, 0.05) is 20.2 Å². The summed E-state index contributed by atoms with van der Waals surface area (Å²) >= 11 is 0. The van der Waals surface area contributed by atoms with Gasteiger partial charge in [-0.2, -0.15) is 0 Å². The van der Waals surface area contributed by atoms with Gasteiger partial charge in [0.1, 0.15) is 6.04 Å². The van der Waals surface area contributed by atoms with Crippen molar-refractivity contribution in [2.75, 3.05) is 20.3 Å². The topological polar surface area (TPSA) is 78.9 Å². The highest BCUT2D eigenvalue weighted by molar-refractivity contribution is 5.82. The van der Waals surface area contributed by atoms with E-state index in [4.69, 9.17) is 9.84 Å². The second-order valence-corrected chi connectivity index (χ2v) is 4.35. The zero-order chi connectivity index (χ0) is 15.0. The number of rotatable bonds is 7. The molecule has 2 N–H and O–H groups in total. The second-order valence-electron chi connectivity index (χ2n) is 4.35. The van der Waals surface area contributed by atoms with Crippen LogP contribution in [-0.2, 0) is 16.1 Å². The van der Waals surface area contributed by atoms with E-state index in [2.05, 4.69) is 5.32 Å². The van der Waals surface area contributed by atoms with E-state index in [1.807, 2.05) is 30.3 Å². The van der Waals surface area contributed by atoms with E-state index in [-0.39, 0.29) is 6.54 Å². The van der Waals surface area contributed by atoms with Gasteiger partial charge in [-0.25, -0.2) is 9.59 Å². The van der Waals surface area contributed by atoms with Gasteiger partial charge in [0.15, 0.2) is 0 Å². The molecule has 0 aliphatic heterocycles. The summed E-state index contributed by atoms with van der Waals surface area (Å²) in [5.74, 6) is -1.04. The van der Waals surface area contributed by atoms with Crippen LogP contribution in [-0.4, -0.2) is 48.3 Å². The summed E-state index contributed by atoms with van der Waals surface area (Å²) in [5, 5.41) is 11.7. The summed E-state index contributed by atoms with van der Waals surface area (Å²) in [4.78, 5) is 24.5. The smallest absolute Gasteiger partial charge is 0.326 e. The number of hydrogen-bond acceptors (Lipinski definition) is 3. The lowest BCUT2D eigenvalue weighted by Crippen LogP contribution is -2.48. The minimum atomic E-state index is -1.04. The summed E-state index contributed by atoms with van der Waals surface area (Å²) in [6, 6.07) is 7.95. The van der Waals surface area contributed by atoms with Gasteiger partial charge in [0.2, 0.25) is 0 Å². The van der Waals surface area contributed by atoms with Crippen molar-refractivity contribution in [1.82, 2.24) is 10.2 Å². The SMILES string of the molecule is COCCNC(=O)N(Cc1ccccc1)C(C)C(=O)O. The molecule has 2 amide bonds. The molecule has 1 rings (SSSR count). The van der Waals surface area contributed by atoms with Crippen LogP contribution in [0, 0.1) is 0 Å². The van der Waals surface area contributed by atoms with Crippen molar-refractivity contribution in [2.45, 2.75) is 19.5 Å². The molecule has 20 heavy (non-hydrogen) atoms. The maximum absolute atomic E-state index is 12.1. The van der Waals surface area contributed by atoms with Gasteiger partial charge >= 0.3 is 12.0 Å². The average molecular weight is 280 g/mol. The van der Waals surface area contributed by atoms with Gasteiger partial charge in [-0.1, -0.05) is 30.3 Å². The molecule has 1 aromatic carbocycles. The Kier molecular flexibility index (Phi) is 6.52. The number of ether oxygens (including phenoxy) is 1. The molecule has 1 atom stereocenters. The van der Waals surface area contributed by atoms with Crippen LogP contribution in [0.5, 0.6) is 0 Å². The molecule has 0 heterocycles. The Hall–Kier alpha value is -2.08. The summed E-state index contributed by atoms with van der Waals surface area (Å²) < 4.78 is 4.85. The molecule has 0 aliphatic rings. The van der Waals surface area contributed by atoms with Crippen LogP contribution >= 0.6 is 0 Å². The van der Waals surface area contributed by atoms with Crippen molar-refractivity contribution in [1.29, 1.82) is 0 Å². The molecular weight excluding hydrogens is 260 g/mol. The fourth-order valence-electron chi connectivity index (χ4n) is 1.66. The van der Waals surface area contributed by atoms with E-state index in [1.165, 1.54) is 18.9 Å². The monoisotopic (exact) mass is 280 g/mol. The highest BCUT2D eigenvalue weighted by Crippen LogP contribution is 2.09. The number of carbonyl (C=O) groups is 2. The standard InChI is InChI=1S/C14H20N2O4/c1-11(13(17)18)16(14(19)15-8-9-20-2)10-12-6-4-3-5-7-12/h3-7,11H,8-10H2,1-2H3,(H,15,19)(H,17,18). The van der Waals surface area contributed by atoms with Crippen molar-refractivity contribution in [3.05, 3.63) is 35.9 Å². The van der Waals surface area contributed by atoms with Gasteiger partial charge in [-0.05, 0) is 12.5 Å². The fraction of sp³-hybridized carbons (Fsp3) is 0.429. The molecule has 1 unspecified atom stereocenters. The molecule has 0 radical (unpaired) electrons. The first kappa shape index (κ1) is 16.0. The number of urea groups is 1. The summed E-state index contributed by atoms with van der Waals surface area (Å²) in [6.07, 6.45) is 0. The third-order valence-corrected chi connectivity index (χ3v) is 2.86. The van der Waals surface area contributed by atoms with Crippen LogP contribution in [0.1, 0.15) is 12.5 Å². The highest BCUT2D eigenvalue weighted by atomic mass is 16.5. The van der Waals surface area contributed by atoms with Crippen molar-refractivity contribution in [3.63, 3.8) is 0 Å². The van der Waals surface area contributed by atoms with E-state index in [0.29, 0.717) is 13.2 Å². The third kappa shape index (κ3) is 4.89. The molecule has 110 valence electrons. The van der Waals surface area contributed by atoms with E-state index in [9.17, 15) is 9.59 Å². The molecule has 0 fully saturated rings. The van der Waals surface area contributed by atoms with Crippen molar-refractivity contribution in [3.8, 4) is 0 Å². The minimum absolute atomic E-state index is 0.243. The number of carboxylic acid groups (broad SMARTS) is 1. The van der Waals surface area contributed by atoms with Crippen molar-refractivity contribution < 1.29 is 19.4 Å². The molecule has 6 nitrogen and oxygen atoms in total. The molecule has 0 saturated heterocycles. The number of benzene rings is 1. The van der Waals surface area contributed by atoms with Gasteiger partial charge in [-0.3, -0.25) is 0 Å². The number of carbonyl (C=O) groups excluding carboxylic acids is 1. The molecule has 0 saturated carbocycles. The van der Waals surface area contributed by atoms with Gasteiger partial charge in [0.05, 0.1) is 6.61 Å². The van der Waals surface area contributed by atoms with Crippen LogP contribution < -0.4 is 5.32 Å². The Morgan fingerprint density at radius 2 is 2.00 bits per heavy atom. The largest absolute Gasteiger partial charge is 0.480 e. The molecule has 6 heteroatoms. The maximum Gasteiger partial charge on any atom is 0.326 e. The second kappa shape index (κ2) is 8.16. The third-order valence-electron chi connectivity index (χ3n) is 2.86. The average Bonchev–Trinajstić information content (AvgIpc) is 2.45. The number of aliphatic carboxylic acids is 1. The maximum atomic E-state index is 12.1. The zero-order valence-corrected chi connectivity index (χ0v) is 11.7. The Balaban J connectivity index is 2.74. The predicted molar refractivity (Wildman–Crippen MR) is 74.4 cm³/mol. The molecular formula is C14H20N2O4. The van der Waals surface area contributed by atoms with Crippen LogP contribution in [0.3, 0.4) is 0 Å². The summed E-state index contributed by atoms with van der Waals surface area (Å²) in [7, 11) is 1.54. The van der Waals surface area contributed by atoms with Crippen LogP contribution in [0.25, 0.3) is 0 Å². The quantitative estimate of drug-likeness (QED) is 0.738. The van der Waals surface area contributed by atoms with Crippen molar-refractivity contribution in [2.24, 2.45) is 0 Å². The minimum Gasteiger partial charge on any atom is -0.480 e. The lowest BCUT2D eigenvalue weighted by molar-refractivity contribution is -0.141. The first-order chi connectivity index (χ1) is 9.56. The highest BCUT2D eigenvalue weighted by Gasteiger charge is 2.25. The Morgan fingerprint density at radius 3 is 2.55 bits per heavy atom. The number of carboxylic acids is 1. The lowest BCUT2D eigenvalue weighted by atomic mass is 10.2. The van der Waals surface area contributed by atoms with E-state index >= 15 is 0 Å². The number of methoxy groups -OCH3 is 1. The van der Waals surface area contributed by atoms with Gasteiger partial charge in [-0.15, -0.1) is 0 Å². The first-order valence-corrected chi connectivity index (χ1v) is 6.36. The first-order valence-electron chi connectivity index (χ1n) is 6.36. The fourth-order valence-corrected chi connectivity index (χ4v) is 1.66.